The molecule has 0 aromatic heterocycles. The molecule has 116 valence electrons. The highest BCUT2D eigenvalue weighted by atomic mass is 16.6. The fourth-order valence-electron chi connectivity index (χ4n) is 2.04. The van der Waals surface area contributed by atoms with Crippen LogP contribution in [-0.2, 0) is 12.8 Å². The first kappa shape index (κ1) is 16.7. The minimum Gasteiger partial charge on any atom is -0.410 e. The number of nitrogens with two attached hydrogens (primary N) is 2. The number of ether oxygens (including phenoxy) is 2. The summed E-state index contributed by atoms with van der Waals surface area (Å²) in [7, 11) is 0. The predicted molar refractivity (Wildman–Crippen MR) is 73.2 cm³/mol. The maximum atomic E-state index is 11.0. The van der Waals surface area contributed by atoms with Crippen LogP contribution in [0.4, 0.5) is 9.59 Å². The molecule has 0 heterocycles. The molecular weight excluding hydrogens is 280 g/mol. The average Bonchev–Trinajstić information content (AvgIpc) is 2.38. The minimum absolute atomic E-state index is 0.0608. The van der Waals surface area contributed by atoms with Crippen LogP contribution in [0, 0.1) is 6.92 Å². The summed E-state index contributed by atoms with van der Waals surface area (Å²) in [5, 5.41) is 18.2. The molecule has 0 unspecified atom stereocenters. The van der Waals surface area contributed by atoms with Crippen LogP contribution in [0.3, 0.4) is 0 Å². The Kier molecular flexibility index (Phi) is 5.94. The number of aliphatic hydroxyl groups excluding tert-OH is 2. The quantitative estimate of drug-likeness (QED) is 0.580. The second kappa shape index (κ2) is 7.46. The van der Waals surface area contributed by atoms with E-state index in [0.29, 0.717) is 16.7 Å². The Bertz CT molecular complexity index is 544. The van der Waals surface area contributed by atoms with Crippen LogP contribution >= 0.6 is 0 Å². The first-order chi connectivity index (χ1) is 9.90. The Balaban J connectivity index is 3.50. The van der Waals surface area contributed by atoms with Crippen molar-refractivity contribution in [1.29, 1.82) is 0 Å². The molecule has 6 N–H and O–H groups in total. The number of amides is 2. The SMILES string of the molecule is Cc1cc(CCO)c(OC(N)=O)c(CCO)c1OC(N)=O. The number of carbonyl (C=O) groups excluding carboxylic acids is 2. The molecule has 0 aliphatic rings. The molecule has 0 fully saturated rings. The van der Waals surface area contributed by atoms with Crippen molar-refractivity contribution in [1.82, 2.24) is 0 Å². The number of rotatable bonds is 6. The van der Waals surface area contributed by atoms with E-state index in [1.807, 2.05) is 0 Å². The molecule has 0 atom stereocenters. The van der Waals surface area contributed by atoms with Crippen LogP contribution in [-0.4, -0.2) is 35.6 Å². The fourth-order valence-corrected chi connectivity index (χ4v) is 2.04. The molecule has 1 rings (SSSR count). The third kappa shape index (κ3) is 4.33. The van der Waals surface area contributed by atoms with Crippen LogP contribution in [0.2, 0.25) is 0 Å². The Morgan fingerprint density at radius 1 is 1.05 bits per heavy atom. The van der Waals surface area contributed by atoms with Gasteiger partial charge in [0.2, 0.25) is 0 Å². The highest BCUT2D eigenvalue weighted by molar-refractivity contribution is 5.73. The van der Waals surface area contributed by atoms with Crippen LogP contribution in [0.25, 0.3) is 0 Å². The van der Waals surface area contributed by atoms with Crippen molar-refractivity contribution in [3.8, 4) is 11.5 Å². The van der Waals surface area contributed by atoms with Crippen molar-refractivity contribution in [2.45, 2.75) is 19.8 Å². The van der Waals surface area contributed by atoms with Crippen LogP contribution in [0.15, 0.2) is 6.07 Å². The molecule has 8 nitrogen and oxygen atoms in total. The number of benzene rings is 1. The van der Waals surface area contributed by atoms with Crippen molar-refractivity contribution in [3.63, 3.8) is 0 Å². The molecule has 2 amide bonds. The van der Waals surface area contributed by atoms with Gasteiger partial charge in [0.1, 0.15) is 11.5 Å². The highest BCUT2D eigenvalue weighted by Crippen LogP contribution is 2.36. The molecule has 21 heavy (non-hydrogen) atoms. The molecule has 1 aromatic carbocycles. The Morgan fingerprint density at radius 2 is 1.57 bits per heavy atom. The summed E-state index contributed by atoms with van der Waals surface area (Å²) in [5.41, 5.74) is 11.4. The Morgan fingerprint density at radius 3 is 2.05 bits per heavy atom. The predicted octanol–water partition coefficient (Wildman–Crippen LogP) is -0.0204. The second-order valence-electron chi connectivity index (χ2n) is 4.28. The first-order valence-electron chi connectivity index (χ1n) is 6.22. The lowest BCUT2D eigenvalue weighted by Gasteiger charge is -2.18. The zero-order valence-corrected chi connectivity index (χ0v) is 11.6. The Hall–Kier alpha value is -2.32. The first-order valence-corrected chi connectivity index (χ1v) is 6.22. The summed E-state index contributed by atoms with van der Waals surface area (Å²) in [6.45, 7) is 1.21. The van der Waals surface area contributed by atoms with Crippen molar-refractivity contribution in [2.24, 2.45) is 11.5 Å². The Labute approximate surface area is 121 Å². The summed E-state index contributed by atoms with van der Waals surface area (Å²) < 4.78 is 9.86. The topological polar surface area (TPSA) is 145 Å². The normalized spacial score (nSPS) is 10.2. The van der Waals surface area contributed by atoms with Gasteiger partial charge in [-0.1, -0.05) is 0 Å². The van der Waals surface area contributed by atoms with E-state index in [4.69, 9.17) is 31.2 Å². The van der Waals surface area contributed by atoms with E-state index in [-0.39, 0.29) is 37.6 Å². The molecule has 0 aliphatic heterocycles. The summed E-state index contributed by atoms with van der Waals surface area (Å²) >= 11 is 0. The van der Waals surface area contributed by atoms with Gasteiger partial charge in [-0.2, -0.15) is 0 Å². The third-order valence-corrected chi connectivity index (χ3v) is 2.74. The highest BCUT2D eigenvalue weighted by Gasteiger charge is 2.21. The number of carbonyl (C=O) groups is 2. The molecule has 0 aliphatic carbocycles. The summed E-state index contributed by atoms with van der Waals surface area (Å²) in [4.78, 5) is 22.0. The van der Waals surface area contributed by atoms with Gasteiger partial charge in [0.05, 0.1) is 0 Å². The third-order valence-electron chi connectivity index (χ3n) is 2.74. The lowest BCUT2D eigenvalue weighted by Crippen LogP contribution is -2.21. The zero-order chi connectivity index (χ0) is 16.0. The number of hydrogen-bond donors (Lipinski definition) is 4. The molecule has 1 aromatic rings. The van der Waals surface area contributed by atoms with Gasteiger partial charge in [-0.25, -0.2) is 9.59 Å². The summed E-state index contributed by atoms with van der Waals surface area (Å²) in [6, 6.07) is 1.59. The standard InChI is InChI=1S/C13H18N2O6/c1-7-6-8(2-4-16)11(21-13(15)19)9(3-5-17)10(7)20-12(14)18/h6,16-17H,2-5H2,1H3,(H2,14,18)(H2,15,19). The smallest absolute Gasteiger partial charge is 0.409 e. The monoisotopic (exact) mass is 298 g/mol. The number of hydrogen-bond acceptors (Lipinski definition) is 6. The molecule has 0 spiro atoms. The van der Waals surface area contributed by atoms with Gasteiger partial charge >= 0.3 is 12.2 Å². The van der Waals surface area contributed by atoms with Gasteiger partial charge in [0.15, 0.2) is 0 Å². The largest absolute Gasteiger partial charge is 0.410 e. The lowest BCUT2D eigenvalue weighted by molar-refractivity contribution is 0.206. The van der Waals surface area contributed by atoms with Gasteiger partial charge < -0.3 is 31.2 Å². The van der Waals surface area contributed by atoms with Crippen molar-refractivity contribution >= 4 is 12.2 Å². The van der Waals surface area contributed by atoms with E-state index in [9.17, 15) is 9.59 Å². The molecule has 0 saturated heterocycles. The summed E-state index contributed by atoms with van der Waals surface area (Å²) in [6.07, 6.45) is -1.82. The van der Waals surface area contributed by atoms with Crippen molar-refractivity contribution in [2.75, 3.05) is 13.2 Å². The second-order valence-corrected chi connectivity index (χ2v) is 4.28. The van der Waals surface area contributed by atoms with E-state index in [0.717, 1.165) is 0 Å². The van der Waals surface area contributed by atoms with E-state index in [1.165, 1.54) is 0 Å². The summed E-state index contributed by atoms with van der Waals surface area (Å²) in [5.74, 6) is 0.168. The number of aryl methyl sites for hydroxylation is 1. The van der Waals surface area contributed by atoms with Gasteiger partial charge in [0.25, 0.3) is 0 Å². The average molecular weight is 298 g/mol. The lowest BCUT2D eigenvalue weighted by atomic mass is 9.99. The minimum atomic E-state index is -1.05. The number of primary amides is 2. The van der Waals surface area contributed by atoms with Crippen LogP contribution in [0.5, 0.6) is 11.5 Å². The van der Waals surface area contributed by atoms with Gasteiger partial charge in [-0.05, 0) is 30.5 Å². The van der Waals surface area contributed by atoms with E-state index in [2.05, 4.69) is 0 Å². The van der Waals surface area contributed by atoms with Crippen LogP contribution in [0.1, 0.15) is 16.7 Å². The van der Waals surface area contributed by atoms with E-state index >= 15 is 0 Å². The molecule has 0 saturated carbocycles. The molecule has 0 bridgehead atoms. The van der Waals surface area contributed by atoms with Crippen molar-refractivity contribution in [3.05, 3.63) is 22.8 Å². The van der Waals surface area contributed by atoms with Gasteiger partial charge in [-0.3, -0.25) is 0 Å². The maximum Gasteiger partial charge on any atom is 0.409 e. The number of aliphatic hydroxyl groups is 2. The van der Waals surface area contributed by atoms with E-state index < -0.39 is 12.2 Å². The van der Waals surface area contributed by atoms with Gasteiger partial charge in [0, 0.05) is 25.2 Å². The van der Waals surface area contributed by atoms with E-state index in [1.54, 1.807) is 13.0 Å². The van der Waals surface area contributed by atoms with Crippen LogP contribution < -0.4 is 20.9 Å². The molecular formula is C13H18N2O6. The van der Waals surface area contributed by atoms with Gasteiger partial charge in [-0.15, -0.1) is 0 Å². The fraction of sp³-hybridized carbons (Fsp3) is 0.385. The zero-order valence-electron chi connectivity index (χ0n) is 11.6. The molecule has 8 heteroatoms. The molecule has 0 radical (unpaired) electrons. The van der Waals surface area contributed by atoms with Crippen molar-refractivity contribution < 1.29 is 29.3 Å². The maximum absolute atomic E-state index is 11.0.